The number of morpholine rings is 1. The summed E-state index contributed by atoms with van der Waals surface area (Å²) in [5.74, 6) is 1.96. The molecule has 11 heteroatoms. The quantitative estimate of drug-likeness (QED) is 0.409. The molecule has 0 saturated carbocycles. The molecule has 33 heavy (non-hydrogen) atoms. The van der Waals surface area contributed by atoms with E-state index in [9.17, 15) is 4.79 Å². The lowest BCUT2D eigenvalue weighted by Gasteiger charge is -2.27. The van der Waals surface area contributed by atoms with Crippen molar-refractivity contribution < 1.29 is 9.53 Å². The van der Waals surface area contributed by atoms with Gasteiger partial charge in [0.15, 0.2) is 0 Å². The topological polar surface area (TPSA) is 131 Å². The van der Waals surface area contributed by atoms with Crippen LogP contribution in [0.5, 0.6) is 0 Å². The third-order valence-corrected chi connectivity index (χ3v) is 6.32. The number of nitrogens with zero attached hydrogens (tertiary/aromatic N) is 5. The van der Waals surface area contributed by atoms with Crippen LogP contribution in [0.15, 0.2) is 42.0 Å². The molecule has 1 saturated heterocycles. The molecule has 1 fully saturated rings. The highest BCUT2D eigenvalue weighted by atomic mass is 32.1. The minimum absolute atomic E-state index is 0.146. The van der Waals surface area contributed by atoms with E-state index >= 15 is 0 Å². The van der Waals surface area contributed by atoms with Crippen LogP contribution < -0.4 is 21.3 Å². The number of nitrogen functional groups attached to an aromatic ring is 1. The average molecular weight is 463 g/mol. The van der Waals surface area contributed by atoms with Gasteiger partial charge in [-0.2, -0.15) is 4.98 Å². The summed E-state index contributed by atoms with van der Waals surface area (Å²) in [6.07, 6.45) is 1.51. The van der Waals surface area contributed by atoms with Gasteiger partial charge in [0.05, 0.1) is 23.4 Å². The second-order valence-corrected chi connectivity index (χ2v) is 8.29. The Morgan fingerprint density at radius 2 is 2.03 bits per heavy atom. The lowest BCUT2D eigenvalue weighted by atomic mass is 10.0. The van der Waals surface area contributed by atoms with Gasteiger partial charge in [0.25, 0.3) is 5.91 Å². The number of benzene rings is 1. The van der Waals surface area contributed by atoms with E-state index in [4.69, 9.17) is 15.5 Å². The van der Waals surface area contributed by atoms with Gasteiger partial charge in [0.1, 0.15) is 23.8 Å². The Morgan fingerprint density at radius 1 is 1.18 bits per heavy atom. The van der Waals surface area contributed by atoms with Crippen molar-refractivity contribution in [1.29, 1.82) is 0 Å². The van der Waals surface area contributed by atoms with Gasteiger partial charge < -0.3 is 26.0 Å². The van der Waals surface area contributed by atoms with E-state index in [-0.39, 0.29) is 5.91 Å². The van der Waals surface area contributed by atoms with Gasteiger partial charge in [-0.15, -0.1) is 11.3 Å². The molecule has 1 amide bonds. The van der Waals surface area contributed by atoms with Gasteiger partial charge in [0.2, 0.25) is 5.95 Å². The molecular formula is C22H22N8O2S. The van der Waals surface area contributed by atoms with Gasteiger partial charge in [0, 0.05) is 42.7 Å². The largest absolute Gasteiger partial charge is 0.382 e. The number of hydrogen-bond acceptors (Lipinski definition) is 10. The summed E-state index contributed by atoms with van der Waals surface area (Å²) in [6.45, 7) is 2.90. The molecule has 168 valence electrons. The second-order valence-electron chi connectivity index (χ2n) is 7.41. The Balaban J connectivity index is 1.48. The van der Waals surface area contributed by atoms with Crippen molar-refractivity contribution in [1.82, 2.24) is 25.3 Å². The molecule has 4 heterocycles. The summed E-state index contributed by atoms with van der Waals surface area (Å²) < 4.78 is 6.20. The van der Waals surface area contributed by atoms with Crippen molar-refractivity contribution in [2.45, 2.75) is 0 Å². The molecule has 0 radical (unpaired) electrons. The lowest BCUT2D eigenvalue weighted by molar-refractivity contribution is 0.0963. The van der Waals surface area contributed by atoms with E-state index in [0.29, 0.717) is 41.9 Å². The van der Waals surface area contributed by atoms with Crippen LogP contribution in [0.2, 0.25) is 0 Å². The molecule has 0 atom stereocenters. The minimum Gasteiger partial charge on any atom is -0.382 e. The predicted molar refractivity (Wildman–Crippen MR) is 129 cm³/mol. The number of aromatic nitrogens is 4. The van der Waals surface area contributed by atoms with Crippen LogP contribution in [0.25, 0.3) is 21.3 Å². The Kier molecular flexibility index (Phi) is 5.71. The molecule has 0 bridgehead atoms. The smallest absolute Gasteiger partial charge is 0.251 e. The monoisotopic (exact) mass is 462 g/mol. The van der Waals surface area contributed by atoms with Crippen molar-refractivity contribution in [3.05, 3.63) is 47.6 Å². The molecule has 1 aromatic carbocycles. The van der Waals surface area contributed by atoms with E-state index in [2.05, 4.69) is 30.5 Å². The zero-order chi connectivity index (χ0) is 22.8. The maximum atomic E-state index is 12.1. The fraction of sp³-hybridized carbons (Fsp3) is 0.227. The van der Waals surface area contributed by atoms with Crippen LogP contribution in [0.4, 0.5) is 23.4 Å². The Bertz CT molecular complexity index is 1320. The normalized spacial score (nSPS) is 13.8. The van der Waals surface area contributed by atoms with Gasteiger partial charge in [-0.1, -0.05) is 12.1 Å². The van der Waals surface area contributed by atoms with Gasteiger partial charge in [-0.25, -0.2) is 15.0 Å². The fourth-order valence-electron chi connectivity index (χ4n) is 3.67. The van der Waals surface area contributed by atoms with E-state index in [1.807, 2.05) is 29.6 Å². The highest BCUT2D eigenvalue weighted by Crippen LogP contribution is 2.36. The number of carbonyl (C=O) groups excluding carboxylic acids is 1. The summed E-state index contributed by atoms with van der Waals surface area (Å²) in [7, 11) is 1.61. The average Bonchev–Trinajstić information content (AvgIpc) is 3.29. The van der Waals surface area contributed by atoms with E-state index < -0.39 is 0 Å². The second kappa shape index (κ2) is 8.96. The van der Waals surface area contributed by atoms with Crippen LogP contribution >= 0.6 is 11.3 Å². The molecule has 0 spiro atoms. The molecule has 10 nitrogen and oxygen atoms in total. The van der Waals surface area contributed by atoms with E-state index in [1.54, 1.807) is 13.1 Å². The van der Waals surface area contributed by atoms with Crippen LogP contribution in [-0.4, -0.2) is 59.2 Å². The number of ether oxygens (including phenoxy) is 1. The number of nitrogens with one attached hydrogen (secondary N) is 2. The molecule has 0 unspecified atom stereocenters. The number of rotatable bonds is 5. The number of thiophene rings is 1. The first-order valence-electron chi connectivity index (χ1n) is 10.4. The highest BCUT2D eigenvalue weighted by molar-refractivity contribution is 7.18. The summed E-state index contributed by atoms with van der Waals surface area (Å²) in [4.78, 5) is 32.0. The molecule has 3 aromatic heterocycles. The molecular weight excluding hydrogens is 440 g/mol. The maximum absolute atomic E-state index is 12.1. The molecule has 4 aromatic rings. The molecule has 0 aliphatic carbocycles. The van der Waals surface area contributed by atoms with Crippen molar-refractivity contribution in [3.63, 3.8) is 0 Å². The molecule has 1 aliphatic heterocycles. The van der Waals surface area contributed by atoms with Crippen LogP contribution in [-0.2, 0) is 4.74 Å². The van der Waals surface area contributed by atoms with Crippen LogP contribution in [0.3, 0.4) is 0 Å². The van der Waals surface area contributed by atoms with Crippen molar-refractivity contribution >= 4 is 50.9 Å². The summed E-state index contributed by atoms with van der Waals surface area (Å²) >= 11 is 1.47. The summed E-state index contributed by atoms with van der Waals surface area (Å²) in [5, 5.41) is 7.78. The third kappa shape index (κ3) is 4.28. The SMILES string of the molecule is CNC(=O)c1cccc(-c2csc3c(N)nc(Nc4cc(N5CCOCC5)ncn4)nc23)c1. The number of nitrogens with two attached hydrogens (primary N) is 1. The summed E-state index contributed by atoms with van der Waals surface area (Å²) in [6, 6.07) is 9.26. The van der Waals surface area contributed by atoms with Crippen molar-refractivity contribution in [3.8, 4) is 11.1 Å². The number of fused-ring (bicyclic) bond motifs is 1. The maximum Gasteiger partial charge on any atom is 0.251 e. The Morgan fingerprint density at radius 3 is 2.85 bits per heavy atom. The Labute approximate surface area is 193 Å². The molecule has 1 aliphatic rings. The summed E-state index contributed by atoms with van der Waals surface area (Å²) in [5.41, 5.74) is 9.30. The fourth-order valence-corrected chi connectivity index (χ4v) is 4.59. The van der Waals surface area contributed by atoms with Gasteiger partial charge in [-0.3, -0.25) is 4.79 Å². The first-order valence-corrected chi connectivity index (χ1v) is 11.3. The van der Waals surface area contributed by atoms with E-state index in [1.165, 1.54) is 17.7 Å². The number of hydrogen-bond donors (Lipinski definition) is 3. The zero-order valence-electron chi connectivity index (χ0n) is 17.9. The molecule has 4 N–H and O–H groups in total. The first kappa shape index (κ1) is 21.0. The predicted octanol–water partition coefficient (Wildman–Crippen LogP) is 2.67. The zero-order valence-corrected chi connectivity index (χ0v) is 18.7. The lowest BCUT2D eigenvalue weighted by Crippen LogP contribution is -2.36. The van der Waals surface area contributed by atoms with Crippen LogP contribution in [0, 0.1) is 0 Å². The van der Waals surface area contributed by atoms with Crippen molar-refractivity contribution in [2.75, 3.05) is 49.3 Å². The van der Waals surface area contributed by atoms with Gasteiger partial charge >= 0.3 is 0 Å². The van der Waals surface area contributed by atoms with Crippen molar-refractivity contribution in [2.24, 2.45) is 0 Å². The van der Waals surface area contributed by atoms with E-state index in [0.717, 1.165) is 34.7 Å². The first-order chi connectivity index (χ1) is 16.1. The van der Waals surface area contributed by atoms with Gasteiger partial charge in [-0.05, 0) is 17.7 Å². The standard InChI is InChI=1S/C22H22N8O2S/c1-24-21(31)14-4-2-3-13(9-14)15-11-33-19-18(15)28-22(29-20(19)23)27-16-10-17(26-12-25-16)30-5-7-32-8-6-30/h2-4,9-12H,5-8H2,1H3,(H,24,31)(H3,23,25,26,27,28,29). The highest BCUT2D eigenvalue weighted by Gasteiger charge is 2.16. The van der Waals surface area contributed by atoms with Crippen LogP contribution in [0.1, 0.15) is 10.4 Å². The molecule has 5 rings (SSSR count). The third-order valence-electron chi connectivity index (χ3n) is 5.33. The number of anilines is 4. The number of amides is 1. The number of carbonyl (C=O) groups is 1. The minimum atomic E-state index is -0.146. The Hall–Kier alpha value is -3.83.